The first-order valence-corrected chi connectivity index (χ1v) is 8.10. The number of hydrogen-bond donors (Lipinski definition) is 2. The smallest absolute Gasteiger partial charge is 0.128 e. The average Bonchev–Trinajstić information content (AvgIpc) is 2.94. The summed E-state index contributed by atoms with van der Waals surface area (Å²) in [7, 11) is 0. The van der Waals surface area contributed by atoms with Crippen LogP contribution >= 0.6 is 0 Å². The molecule has 0 saturated heterocycles. The maximum Gasteiger partial charge on any atom is 0.128 e. The first-order valence-electron chi connectivity index (χ1n) is 8.10. The highest BCUT2D eigenvalue weighted by molar-refractivity contribution is 5.50. The predicted molar refractivity (Wildman–Crippen MR) is 91.0 cm³/mol. The van der Waals surface area contributed by atoms with Crippen molar-refractivity contribution in [3.05, 3.63) is 40.6 Å². The zero-order valence-electron chi connectivity index (χ0n) is 14.3. The summed E-state index contributed by atoms with van der Waals surface area (Å²) in [4.78, 5) is 0. The topological polar surface area (TPSA) is 59.3 Å². The number of fused-ring (bicyclic) bond motifs is 1. The first kappa shape index (κ1) is 15.9. The van der Waals surface area contributed by atoms with E-state index in [1.165, 1.54) is 5.56 Å². The third-order valence-electron chi connectivity index (χ3n) is 4.36. The molecule has 0 atom stereocenters. The largest absolute Gasteiger partial charge is 0.487 e. The van der Waals surface area contributed by atoms with Gasteiger partial charge in [-0.15, -0.1) is 0 Å². The number of anilines is 1. The number of ether oxygens (including phenoxy) is 1. The Balaban J connectivity index is 1.82. The third kappa shape index (κ3) is 3.06. The molecule has 0 fully saturated rings. The van der Waals surface area contributed by atoms with E-state index in [2.05, 4.69) is 42.5 Å². The van der Waals surface area contributed by atoms with E-state index in [0.717, 1.165) is 34.8 Å². The number of aryl methyl sites for hydroxylation is 1. The van der Waals surface area contributed by atoms with E-state index in [-0.39, 0.29) is 12.2 Å². The van der Waals surface area contributed by atoms with Gasteiger partial charge in [0.1, 0.15) is 17.2 Å². The number of aliphatic hydroxyl groups is 1. The fraction of sp³-hybridized carbons (Fsp3) is 0.500. The van der Waals surface area contributed by atoms with Crippen LogP contribution in [-0.4, -0.2) is 27.1 Å². The number of aromatic nitrogens is 2. The number of aliphatic hydroxyl groups excluding tert-OH is 1. The van der Waals surface area contributed by atoms with Crippen molar-refractivity contribution in [1.82, 2.24) is 9.78 Å². The van der Waals surface area contributed by atoms with Crippen molar-refractivity contribution in [2.75, 3.05) is 11.9 Å². The molecule has 1 aromatic carbocycles. The molecule has 2 N–H and O–H groups in total. The second-order valence-electron chi connectivity index (χ2n) is 6.80. The quantitative estimate of drug-likeness (QED) is 0.891. The van der Waals surface area contributed by atoms with Crippen molar-refractivity contribution in [1.29, 1.82) is 0 Å². The highest BCUT2D eigenvalue weighted by Gasteiger charge is 2.31. The van der Waals surface area contributed by atoms with Crippen LogP contribution in [0.25, 0.3) is 0 Å². The van der Waals surface area contributed by atoms with Crippen LogP contribution in [0.1, 0.15) is 36.2 Å². The lowest BCUT2D eigenvalue weighted by molar-refractivity contribution is 0.137. The number of hydrogen-bond acceptors (Lipinski definition) is 4. The van der Waals surface area contributed by atoms with Crippen LogP contribution in [0.3, 0.4) is 0 Å². The third-order valence-corrected chi connectivity index (χ3v) is 4.36. The van der Waals surface area contributed by atoms with Crippen molar-refractivity contribution < 1.29 is 9.84 Å². The summed E-state index contributed by atoms with van der Waals surface area (Å²) in [6.07, 6.45) is 0.941. The van der Waals surface area contributed by atoms with E-state index in [9.17, 15) is 5.11 Å². The molecule has 1 aliphatic rings. The van der Waals surface area contributed by atoms with Crippen molar-refractivity contribution in [3.8, 4) is 5.75 Å². The molecule has 23 heavy (non-hydrogen) atoms. The van der Waals surface area contributed by atoms with E-state index in [1.807, 2.05) is 18.5 Å². The molecule has 1 aliphatic heterocycles. The summed E-state index contributed by atoms with van der Waals surface area (Å²) < 4.78 is 7.96. The lowest BCUT2D eigenvalue weighted by Gasteiger charge is -2.18. The van der Waals surface area contributed by atoms with Gasteiger partial charge in [-0.05, 0) is 33.3 Å². The fourth-order valence-corrected chi connectivity index (χ4v) is 3.15. The van der Waals surface area contributed by atoms with Crippen LogP contribution in [0.15, 0.2) is 18.2 Å². The van der Waals surface area contributed by atoms with Gasteiger partial charge in [0.15, 0.2) is 0 Å². The van der Waals surface area contributed by atoms with Crippen molar-refractivity contribution >= 4 is 5.82 Å². The number of nitrogens with zero attached hydrogens (tertiary/aromatic N) is 2. The normalized spacial score (nSPS) is 15.3. The van der Waals surface area contributed by atoms with Gasteiger partial charge in [0.05, 0.1) is 18.8 Å². The molecule has 124 valence electrons. The predicted octanol–water partition coefficient (Wildman–Crippen LogP) is 2.82. The highest BCUT2D eigenvalue weighted by atomic mass is 16.5. The van der Waals surface area contributed by atoms with Gasteiger partial charge in [-0.2, -0.15) is 5.10 Å². The van der Waals surface area contributed by atoms with Crippen molar-refractivity contribution in [2.24, 2.45) is 0 Å². The lowest BCUT2D eigenvalue weighted by Crippen LogP contribution is -2.25. The fourth-order valence-electron chi connectivity index (χ4n) is 3.15. The Labute approximate surface area is 137 Å². The molecule has 0 saturated carbocycles. The SMILES string of the molecule is Cc1nn(CCO)c(NCc2cccc3c2OC(C)(C)C3)c1C. The highest BCUT2D eigenvalue weighted by Crippen LogP contribution is 2.37. The van der Waals surface area contributed by atoms with Gasteiger partial charge in [-0.1, -0.05) is 18.2 Å². The van der Waals surface area contributed by atoms with Gasteiger partial charge in [-0.25, -0.2) is 4.68 Å². The van der Waals surface area contributed by atoms with Crippen LogP contribution in [0, 0.1) is 13.8 Å². The summed E-state index contributed by atoms with van der Waals surface area (Å²) >= 11 is 0. The molecular formula is C18H25N3O2. The Bertz CT molecular complexity index is 719. The Morgan fingerprint density at radius 3 is 2.87 bits per heavy atom. The molecule has 0 unspecified atom stereocenters. The monoisotopic (exact) mass is 315 g/mol. The minimum atomic E-state index is -0.135. The summed E-state index contributed by atoms with van der Waals surface area (Å²) in [5.74, 6) is 1.97. The number of nitrogens with one attached hydrogen (secondary N) is 1. The maximum atomic E-state index is 9.21. The van der Waals surface area contributed by atoms with E-state index < -0.39 is 0 Å². The van der Waals surface area contributed by atoms with E-state index in [4.69, 9.17) is 4.74 Å². The van der Waals surface area contributed by atoms with Crippen molar-refractivity contribution in [3.63, 3.8) is 0 Å². The molecule has 0 bridgehead atoms. The minimum Gasteiger partial charge on any atom is -0.487 e. The van der Waals surface area contributed by atoms with E-state index in [0.29, 0.717) is 13.1 Å². The Morgan fingerprint density at radius 2 is 2.13 bits per heavy atom. The molecule has 5 heteroatoms. The number of rotatable bonds is 5. The Morgan fingerprint density at radius 1 is 1.35 bits per heavy atom. The molecule has 0 aliphatic carbocycles. The molecule has 2 heterocycles. The second-order valence-corrected chi connectivity index (χ2v) is 6.80. The molecule has 0 amide bonds. The summed E-state index contributed by atoms with van der Waals surface area (Å²) in [6, 6.07) is 6.32. The molecular weight excluding hydrogens is 290 g/mol. The number of para-hydroxylation sites is 1. The Hall–Kier alpha value is -2.01. The van der Waals surface area contributed by atoms with Gasteiger partial charge in [0.2, 0.25) is 0 Å². The molecule has 0 spiro atoms. The van der Waals surface area contributed by atoms with Crippen LogP contribution in [0.5, 0.6) is 5.75 Å². The molecule has 2 aromatic rings. The molecule has 3 rings (SSSR count). The first-order chi connectivity index (χ1) is 10.9. The van der Waals surface area contributed by atoms with Crippen molar-refractivity contribution in [2.45, 2.75) is 52.8 Å². The maximum absolute atomic E-state index is 9.21. The second kappa shape index (κ2) is 5.89. The van der Waals surface area contributed by atoms with Gasteiger partial charge in [0.25, 0.3) is 0 Å². The lowest BCUT2D eigenvalue weighted by atomic mass is 10.0. The molecule has 0 radical (unpaired) electrons. The Kier molecular flexibility index (Phi) is 4.06. The van der Waals surface area contributed by atoms with Gasteiger partial charge < -0.3 is 15.2 Å². The standard InChI is InChI=1S/C18H25N3O2/c1-12-13(2)20-21(8-9-22)17(12)19-11-15-7-5-6-14-10-18(3,4)23-16(14)15/h5-7,19,22H,8-11H2,1-4H3. The van der Waals surface area contributed by atoms with Crippen LogP contribution < -0.4 is 10.1 Å². The van der Waals surface area contributed by atoms with Crippen LogP contribution in [0.4, 0.5) is 5.82 Å². The number of benzene rings is 1. The van der Waals surface area contributed by atoms with Gasteiger partial charge in [0, 0.05) is 24.1 Å². The molecule has 1 aromatic heterocycles. The van der Waals surface area contributed by atoms with Gasteiger partial charge in [-0.3, -0.25) is 0 Å². The summed E-state index contributed by atoms with van der Waals surface area (Å²) in [6.45, 7) is 9.52. The van der Waals surface area contributed by atoms with Crippen LogP contribution in [-0.2, 0) is 19.5 Å². The van der Waals surface area contributed by atoms with E-state index in [1.54, 1.807) is 0 Å². The zero-order valence-corrected chi connectivity index (χ0v) is 14.3. The summed E-state index contributed by atoms with van der Waals surface area (Å²) in [5, 5.41) is 17.1. The van der Waals surface area contributed by atoms with Gasteiger partial charge >= 0.3 is 0 Å². The molecule has 5 nitrogen and oxygen atoms in total. The average molecular weight is 315 g/mol. The zero-order chi connectivity index (χ0) is 16.6. The van der Waals surface area contributed by atoms with E-state index >= 15 is 0 Å². The van der Waals surface area contributed by atoms with Crippen LogP contribution in [0.2, 0.25) is 0 Å². The summed E-state index contributed by atoms with van der Waals surface area (Å²) in [5.41, 5.74) is 4.39. The minimum absolute atomic E-state index is 0.0767.